The van der Waals surface area contributed by atoms with E-state index in [1.165, 1.54) is 60.7 Å². The zero-order chi connectivity index (χ0) is 21.6. The summed E-state index contributed by atoms with van der Waals surface area (Å²) in [7, 11) is -4.02. The topological polar surface area (TPSA) is 96.3 Å². The van der Waals surface area contributed by atoms with E-state index in [1.807, 2.05) is 0 Å². The highest BCUT2D eigenvalue weighted by Crippen LogP contribution is 2.21. The molecule has 0 aliphatic carbocycles. The average molecular weight is 422 g/mol. The van der Waals surface area contributed by atoms with Crippen molar-refractivity contribution in [2.45, 2.75) is 4.90 Å². The summed E-state index contributed by atoms with van der Waals surface area (Å²) in [5, 5.41) is 11.8. The van der Waals surface area contributed by atoms with E-state index < -0.39 is 21.8 Å². The van der Waals surface area contributed by atoms with Crippen LogP contribution in [0.2, 0.25) is 0 Å². The van der Waals surface area contributed by atoms with Gasteiger partial charge >= 0.3 is 10.1 Å². The first kappa shape index (κ1) is 20.8. The number of hydrogen-bond acceptors (Lipinski definition) is 5. The van der Waals surface area contributed by atoms with Crippen LogP contribution in [0.3, 0.4) is 0 Å². The van der Waals surface area contributed by atoms with E-state index in [4.69, 9.17) is 4.18 Å². The third-order valence-corrected chi connectivity index (χ3v) is 5.14. The Morgan fingerprint density at radius 1 is 1.00 bits per heavy atom. The van der Waals surface area contributed by atoms with E-state index in [1.54, 1.807) is 30.3 Å². The molecule has 3 aromatic rings. The molecule has 3 aromatic carbocycles. The lowest BCUT2D eigenvalue weighted by molar-refractivity contribution is -0.112. The standard InChI is InChI=1S/C22H15FN2O4S/c23-18-9-11-19(12-10-18)25-22(26)17(15-24)13-16-5-4-6-20(14-16)29-30(27,28)21-7-2-1-3-8-21/h1-14H,(H,25,26)/b17-13-. The summed E-state index contributed by atoms with van der Waals surface area (Å²) in [5.74, 6) is -1.11. The molecule has 150 valence electrons. The fourth-order valence-corrected chi connectivity index (χ4v) is 3.41. The highest BCUT2D eigenvalue weighted by Gasteiger charge is 2.16. The number of amides is 1. The predicted molar refractivity (Wildman–Crippen MR) is 109 cm³/mol. The quantitative estimate of drug-likeness (QED) is 0.366. The molecule has 0 saturated carbocycles. The molecule has 0 fully saturated rings. The molecule has 0 heterocycles. The van der Waals surface area contributed by atoms with Crippen LogP contribution < -0.4 is 9.50 Å². The monoisotopic (exact) mass is 422 g/mol. The molecule has 1 N–H and O–H groups in total. The molecule has 3 rings (SSSR count). The molecule has 0 aromatic heterocycles. The predicted octanol–water partition coefficient (Wildman–Crippen LogP) is 4.14. The molecule has 0 saturated heterocycles. The third-order valence-electron chi connectivity index (χ3n) is 3.87. The number of halogens is 1. The van der Waals surface area contributed by atoms with Crippen LogP contribution in [0, 0.1) is 17.1 Å². The maximum Gasteiger partial charge on any atom is 0.339 e. The van der Waals surface area contributed by atoms with E-state index in [0.717, 1.165) is 0 Å². The summed E-state index contributed by atoms with van der Waals surface area (Å²) in [6, 6.07) is 20.5. The molecule has 0 radical (unpaired) electrons. The summed E-state index contributed by atoms with van der Waals surface area (Å²) in [4.78, 5) is 12.3. The number of benzene rings is 3. The van der Waals surface area contributed by atoms with E-state index in [0.29, 0.717) is 11.3 Å². The lowest BCUT2D eigenvalue weighted by atomic mass is 10.1. The number of anilines is 1. The Kier molecular flexibility index (Phi) is 6.25. The van der Waals surface area contributed by atoms with Crippen molar-refractivity contribution in [1.82, 2.24) is 0 Å². The van der Waals surface area contributed by atoms with Crippen LogP contribution in [0.25, 0.3) is 6.08 Å². The number of rotatable bonds is 6. The zero-order valence-corrected chi connectivity index (χ0v) is 16.3. The van der Waals surface area contributed by atoms with Gasteiger partial charge in [0, 0.05) is 5.69 Å². The van der Waals surface area contributed by atoms with Gasteiger partial charge < -0.3 is 9.50 Å². The van der Waals surface area contributed by atoms with Crippen molar-refractivity contribution in [3.63, 3.8) is 0 Å². The van der Waals surface area contributed by atoms with Crippen LogP contribution in [-0.4, -0.2) is 14.3 Å². The molecule has 0 spiro atoms. The Morgan fingerprint density at radius 3 is 2.37 bits per heavy atom. The van der Waals surface area contributed by atoms with Crippen LogP contribution in [0.15, 0.2) is 89.3 Å². The minimum atomic E-state index is -4.02. The second-order valence-corrected chi connectivity index (χ2v) is 7.60. The van der Waals surface area contributed by atoms with Crippen molar-refractivity contribution in [3.8, 4) is 11.8 Å². The maximum atomic E-state index is 13.0. The number of carbonyl (C=O) groups excluding carboxylic acids is 1. The molecular formula is C22H15FN2O4S. The molecular weight excluding hydrogens is 407 g/mol. The van der Waals surface area contributed by atoms with Crippen LogP contribution in [0.4, 0.5) is 10.1 Å². The molecule has 6 nitrogen and oxygen atoms in total. The highest BCUT2D eigenvalue weighted by molar-refractivity contribution is 7.87. The Labute approximate surface area is 173 Å². The van der Waals surface area contributed by atoms with Gasteiger partial charge in [-0.2, -0.15) is 13.7 Å². The second-order valence-electron chi connectivity index (χ2n) is 6.05. The number of hydrogen-bond donors (Lipinski definition) is 1. The van der Waals surface area contributed by atoms with Crippen LogP contribution >= 0.6 is 0 Å². The van der Waals surface area contributed by atoms with Gasteiger partial charge in [0.2, 0.25) is 0 Å². The Bertz CT molecular complexity index is 1230. The fraction of sp³-hybridized carbons (Fsp3) is 0. The minimum Gasteiger partial charge on any atom is -0.379 e. The van der Waals surface area contributed by atoms with Crippen molar-refractivity contribution in [2.75, 3.05) is 5.32 Å². The zero-order valence-electron chi connectivity index (χ0n) is 15.4. The largest absolute Gasteiger partial charge is 0.379 e. The number of nitrogens with one attached hydrogen (secondary N) is 1. The number of nitrogens with zero attached hydrogens (tertiary/aromatic N) is 1. The highest BCUT2D eigenvalue weighted by atomic mass is 32.2. The van der Waals surface area contributed by atoms with Crippen molar-refractivity contribution in [3.05, 3.63) is 95.8 Å². The first-order valence-corrected chi connectivity index (χ1v) is 10.1. The third kappa shape index (κ3) is 5.31. The maximum absolute atomic E-state index is 13.0. The summed E-state index contributed by atoms with van der Waals surface area (Å²) < 4.78 is 42.8. The van der Waals surface area contributed by atoms with Gasteiger partial charge in [-0.1, -0.05) is 30.3 Å². The summed E-state index contributed by atoms with van der Waals surface area (Å²) in [6.07, 6.45) is 1.29. The first-order chi connectivity index (χ1) is 14.4. The van der Waals surface area contributed by atoms with Crippen molar-refractivity contribution < 1.29 is 21.8 Å². The Morgan fingerprint density at radius 2 is 1.70 bits per heavy atom. The van der Waals surface area contributed by atoms with Gasteiger partial charge in [0.05, 0.1) is 0 Å². The molecule has 0 bridgehead atoms. The molecule has 0 aliphatic rings. The van der Waals surface area contributed by atoms with E-state index in [9.17, 15) is 22.9 Å². The van der Waals surface area contributed by atoms with Crippen LogP contribution in [0.5, 0.6) is 5.75 Å². The summed E-state index contributed by atoms with van der Waals surface area (Å²) in [6.45, 7) is 0. The first-order valence-electron chi connectivity index (χ1n) is 8.66. The number of nitriles is 1. The molecule has 8 heteroatoms. The minimum absolute atomic E-state index is 0.00216. The second kappa shape index (κ2) is 9.03. The van der Waals surface area contributed by atoms with Gasteiger partial charge in [-0.05, 0) is 60.2 Å². The van der Waals surface area contributed by atoms with Crippen LogP contribution in [-0.2, 0) is 14.9 Å². The lowest BCUT2D eigenvalue weighted by Crippen LogP contribution is -2.13. The molecule has 1 amide bonds. The van der Waals surface area contributed by atoms with Gasteiger partial charge in [0.15, 0.2) is 0 Å². The van der Waals surface area contributed by atoms with E-state index in [2.05, 4.69) is 5.32 Å². The normalized spacial score (nSPS) is 11.4. The van der Waals surface area contributed by atoms with Crippen molar-refractivity contribution in [1.29, 1.82) is 5.26 Å². The summed E-state index contributed by atoms with van der Waals surface area (Å²) in [5.41, 5.74) is 0.498. The molecule has 0 aliphatic heterocycles. The van der Waals surface area contributed by atoms with Gasteiger partial charge in [0.1, 0.15) is 28.1 Å². The fourth-order valence-electron chi connectivity index (χ4n) is 2.47. The molecule has 0 unspecified atom stereocenters. The van der Waals surface area contributed by atoms with Crippen molar-refractivity contribution >= 4 is 27.8 Å². The molecule has 30 heavy (non-hydrogen) atoms. The average Bonchev–Trinajstić information content (AvgIpc) is 2.74. The molecule has 0 atom stereocenters. The van der Waals surface area contributed by atoms with Gasteiger partial charge in [-0.25, -0.2) is 4.39 Å². The van der Waals surface area contributed by atoms with E-state index >= 15 is 0 Å². The van der Waals surface area contributed by atoms with E-state index in [-0.39, 0.29) is 16.2 Å². The Hall–Kier alpha value is -3.96. The van der Waals surface area contributed by atoms with Crippen LogP contribution in [0.1, 0.15) is 5.56 Å². The van der Waals surface area contributed by atoms with Gasteiger partial charge in [-0.3, -0.25) is 4.79 Å². The van der Waals surface area contributed by atoms with Crippen molar-refractivity contribution in [2.24, 2.45) is 0 Å². The Balaban J connectivity index is 1.80. The van der Waals surface area contributed by atoms with Gasteiger partial charge in [0.25, 0.3) is 5.91 Å². The summed E-state index contributed by atoms with van der Waals surface area (Å²) >= 11 is 0. The smallest absolute Gasteiger partial charge is 0.339 e. The van der Waals surface area contributed by atoms with Gasteiger partial charge in [-0.15, -0.1) is 0 Å². The lowest BCUT2D eigenvalue weighted by Gasteiger charge is -2.08. The number of carbonyl (C=O) groups is 1. The SMILES string of the molecule is N#C/C(=C/c1cccc(OS(=O)(=O)c2ccccc2)c1)C(=O)Nc1ccc(F)cc1.